The van der Waals surface area contributed by atoms with E-state index in [0.717, 1.165) is 16.9 Å². The standard InChI is InChI=1S/C14H17ClN4O/c1-8-5-11(12(20-4)7-10(8)15)18-13-6-9(2)17-14(16-3)19-13/h5-7H,1-4H3,(H2,16,17,18,19). The van der Waals surface area contributed by atoms with Crippen molar-refractivity contribution < 1.29 is 4.74 Å². The molecule has 2 N–H and O–H groups in total. The van der Waals surface area contributed by atoms with Gasteiger partial charge in [0.25, 0.3) is 0 Å². The molecule has 0 aliphatic rings. The van der Waals surface area contributed by atoms with Crippen molar-refractivity contribution in [2.24, 2.45) is 0 Å². The summed E-state index contributed by atoms with van der Waals surface area (Å²) in [5.41, 5.74) is 2.65. The van der Waals surface area contributed by atoms with Gasteiger partial charge in [0, 0.05) is 29.9 Å². The van der Waals surface area contributed by atoms with Crippen LogP contribution in [0.1, 0.15) is 11.3 Å². The number of halogens is 1. The number of anilines is 3. The van der Waals surface area contributed by atoms with Crippen molar-refractivity contribution in [2.75, 3.05) is 24.8 Å². The number of rotatable bonds is 4. The van der Waals surface area contributed by atoms with Crippen LogP contribution in [0.5, 0.6) is 5.75 Å². The molecule has 1 aromatic carbocycles. The molecule has 5 nitrogen and oxygen atoms in total. The van der Waals surface area contributed by atoms with E-state index in [9.17, 15) is 0 Å². The summed E-state index contributed by atoms with van der Waals surface area (Å²) >= 11 is 6.10. The van der Waals surface area contributed by atoms with Crippen LogP contribution >= 0.6 is 11.6 Å². The lowest BCUT2D eigenvalue weighted by Crippen LogP contribution is -2.03. The number of hydrogen-bond donors (Lipinski definition) is 2. The fourth-order valence-electron chi connectivity index (χ4n) is 1.81. The van der Waals surface area contributed by atoms with Crippen LogP contribution in [-0.2, 0) is 0 Å². The second-order valence-corrected chi connectivity index (χ2v) is 4.80. The van der Waals surface area contributed by atoms with Crippen molar-refractivity contribution in [1.29, 1.82) is 0 Å². The monoisotopic (exact) mass is 292 g/mol. The lowest BCUT2D eigenvalue weighted by molar-refractivity contribution is 0.416. The molecule has 0 amide bonds. The number of aromatic nitrogens is 2. The number of benzene rings is 1. The Morgan fingerprint density at radius 1 is 1.15 bits per heavy atom. The van der Waals surface area contributed by atoms with Crippen molar-refractivity contribution in [3.63, 3.8) is 0 Å². The minimum Gasteiger partial charge on any atom is -0.495 e. The molecule has 2 aromatic rings. The van der Waals surface area contributed by atoms with E-state index < -0.39 is 0 Å². The van der Waals surface area contributed by atoms with Crippen molar-refractivity contribution in [1.82, 2.24) is 9.97 Å². The lowest BCUT2D eigenvalue weighted by Gasteiger charge is -2.13. The molecule has 1 heterocycles. The van der Waals surface area contributed by atoms with Crippen molar-refractivity contribution in [3.8, 4) is 5.75 Å². The first-order chi connectivity index (χ1) is 9.53. The topological polar surface area (TPSA) is 59.1 Å². The van der Waals surface area contributed by atoms with Crippen LogP contribution < -0.4 is 15.4 Å². The average molecular weight is 293 g/mol. The number of nitrogens with zero attached hydrogens (tertiary/aromatic N) is 2. The molecule has 0 aliphatic heterocycles. The summed E-state index contributed by atoms with van der Waals surface area (Å²) in [7, 11) is 3.39. The maximum Gasteiger partial charge on any atom is 0.224 e. The van der Waals surface area contributed by atoms with E-state index in [0.29, 0.717) is 22.5 Å². The molecular formula is C14H17ClN4O. The lowest BCUT2D eigenvalue weighted by atomic mass is 10.2. The van der Waals surface area contributed by atoms with Crippen molar-refractivity contribution in [3.05, 3.63) is 34.5 Å². The van der Waals surface area contributed by atoms with Gasteiger partial charge in [-0.15, -0.1) is 0 Å². The van der Waals surface area contributed by atoms with Gasteiger partial charge in [-0.2, -0.15) is 4.98 Å². The third kappa shape index (κ3) is 3.11. The predicted octanol–water partition coefficient (Wildman–Crippen LogP) is 3.54. The van der Waals surface area contributed by atoms with E-state index in [4.69, 9.17) is 16.3 Å². The molecule has 0 aliphatic carbocycles. The molecule has 106 valence electrons. The number of methoxy groups -OCH3 is 1. The van der Waals surface area contributed by atoms with Gasteiger partial charge in [-0.05, 0) is 25.5 Å². The highest BCUT2D eigenvalue weighted by Gasteiger charge is 2.09. The third-order valence-corrected chi connectivity index (χ3v) is 3.23. The normalized spacial score (nSPS) is 10.2. The van der Waals surface area contributed by atoms with Gasteiger partial charge in [-0.25, -0.2) is 4.98 Å². The van der Waals surface area contributed by atoms with E-state index in [1.165, 1.54) is 0 Å². The highest BCUT2D eigenvalue weighted by Crippen LogP contribution is 2.32. The van der Waals surface area contributed by atoms with Gasteiger partial charge < -0.3 is 15.4 Å². The van der Waals surface area contributed by atoms with Crippen molar-refractivity contribution >= 4 is 29.1 Å². The molecule has 6 heteroatoms. The number of aryl methyl sites for hydroxylation is 2. The number of hydrogen-bond acceptors (Lipinski definition) is 5. The smallest absolute Gasteiger partial charge is 0.224 e. The molecular weight excluding hydrogens is 276 g/mol. The largest absolute Gasteiger partial charge is 0.495 e. The van der Waals surface area contributed by atoms with Crippen LogP contribution in [0.2, 0.25) is 5.02 Å². The van der Waals surface area contributed by atoms with Crippen LogP contribution in [0.3, 0.4) is 0 Å². The summed E-state index contributed by atoms with van der Waals surface area (Å²) < 4.78 is 5.33. The molecule has 2 rings (SSSR count). The van der Waals surface area contributed by atoms with Crippen LogP contribution in [-0.4, -0.2) is 24.1 Å². The molecule has 20 heavy (non-hydrogen) atoms. The molecule has 0 saturated heterocycles. The van der Waals surface area contributed by atoms with Crippen molar-refractivity contribution in [2.45, 2.75) is 13.8 Å². The second kappa shape index (κ2) is 5.96. The molecule has 0 spiro atoms. The van der Waals surface area contributed by atoms with Gasteiger partial charge in [0.2, 0.25) is 5.95 Å². The zero-order valence-corrected chi connectivity index (χ0v) is 12.7. The SMILES string of the molecule is CNc1nc(C)cc(Nc2cc(C)c(Cl)cc2OC)n1. The fraction of sp³-hybridized carbons (Fsp3) is 0.286. The molecule has 0 radical (unpaired) electrons. The number of nitrogens with one attached hydrogen (secondary N) is 2. The Morgan fingerprint density at radius 3 is 2.55 bits per heavy atom. The summed E-state index contributed by atoms with van der Waals surface area (Å²) in [6, 6.07) is 5.58. The van der Waals surface area contributed by atoms with Gasteiger partial charge >= 0.3 is 0 Å². The van der Waals surface area contributed by atoms with Gasteiger partial charge in [0.1, 0.15) is 11.6 Å². The van der Waals surface area contributed by atoms with Crippen LogP contribution in [0.25, 0.3) is 0 Å². The van der Waals surface area contributed by atoms with E-state index in [1.54, 1.807) is 20.2 Å². The van der Waals surface area contributed by atoms with Crippen LogP contribution in [0.4, 0.5) is 17.5 Å². The first kappa shape index (κ1) is 14.4. The number of ether oxygens (including phenoxy) is 1. The quantitative estimate of drug-likeness (QED) is 0.902. The summed E-state index contributed by atoms with van der Waals surface area (Å²) in [4.78, 5) is 8.61. The Kier molecular flexibility index (Phi) is 4.29. The van der Waals surface area contributed by atoms with Gasteiger partial charge in [0.15, 0.2) is 0 Å². The third-order valence-electron chi connectivity index (χ3n) is 2.82. The van der Waals surface area contributed by atoms with Crippen LogP contribution in [0.15, 0.2) is 18.2 Å². The summed E-state index contributed by atoms with van der Waals surface area (Å²) in [6.45, 7) is 3.86. The van der Waals surface area contributed by atoms with E-state index in [-0.39, 0.29) is 0 Å². The van der Waals surface area contributed by atoms with Gasteiger partial charge in [-0.1, -0.05) is 11.6 Å². The Hall–Kier alpha value is -2.01. The van der Waals surface area contributed by atoms with Gasteiger partial charge in [0.05, 0.1) is 12.8 Å². The Balaban J connectivity index is 2.39. The molecule has 0 fully saturated rings. The molecule has 0 atom stereocenters. The highest BCUT2D eigenvalue weighted by atomic mass is 35.5. The maximum absolute atomic E-state index is 6.10. The van der Waals surface area contributed by atoms with E-state index in [1.807, 2.05) is 26.0 Å². The molecule has 0 bridgehead atoms. The summed E-state index contributed by atoms with van der Waals surface area (Å²) in [6.07, 6.45) is 0. The second-order valence-electron chi connectivity index (χ2n) is 4.39. The first-order valence-electron chi connectivity index (χ1n) is 6.18. The minimum absolute atomic E-state index is 0.567. The summed E-state index contributed by atoms with van der Waals surface area (Å²) in [5.74, 6) is 1.93. The zero-order valence-electron chi connectivity index (χ0n) is 11.9. The summed E-state index contributed by atoms with van der Waals surface area (Å²) in [5, 5.41) is 6.83. The fourth-order valence-corrected chi connectivity index (χ4v) is 1.97. The maximum atomic E-state index is 6.10. The Morgan fingerprint density at radius 2 is 1.90 bits per heavy atom. The first-order valence-corrected chi connectivity index (χ1v) is 6.56. The predicted molar refractivity (Wildman–Crippen MR) is 82.3 cm³/mol. The molecule has 1 aromatic heterocycles. The van der Waals surface area contributed by atoms with E-state index in [2.05, 4.69) is 20.6 Å². The van der Waals surface area contributed by atoms with E-state index >= 15 is 0 Å². The Labute approximate surface area is 123 Å². The zero-order chi connectivity index (χ0) is 14.7. The van der Waals surface area contributed by atoms with Crippen LogP contribution in [0, 0.1) is 13.8 Å². The highest BCUT2D eigenvalue weighted by molar-refractivity contribution is 6.31. The molecule has 0 saturated carbocycles. The Bertz CT molecular complexity index is 631. The van der Waals surface area contributed by atoms with Gasteiger partial charge in [-0.3, -0.25) is 0 Å². The minimum atomic E-state index is 0.567. The molecule has 0 unspecified atom stereocenters. The average Bonchev–Trinajstić information content (AvgIpc) is 2.42.